The van der Waals surface area contributed by atoms with E-state index in [0.29, 0.717) is 0 Å². The summed E-state index contributed by atoms with van der Waals surface area (Å²) in [5.74, 6) is -0.733. The molecule has 96 valence electrons. The van der Waals surface area contributed by atoms with Gasteiger partial charge in [-0.3, -0.25) is 4.79 Å². The molecular formula is C13H16FN3O. The van der Waals surface area contributed by atoms with Crippen molar-refractivity contribution in [2.45, 2.75) is 19.5 Å². The lowest BCUT2D eigenvalue weighted by Crippen LogP contribution is -2.53. The van der Waals surface area contributed by atoms with Gasteiger partial charge in [0.2, 0.25) is 0 Å². The molecule has 0 saturated carbocycles. The predicted molar refractivity (Wildman–Crippen MR) is 67.2 cm³/mol. The van der Waals surface area contributed by atoms with Gasteiger partial charge in [0.15, 0.2) is 0 Å². The predicted octanol–water partition coefficient (Wildman–Crippen LogP) is 1.00. The summed E-state index contributed by atoms with van der Waals surface area (Å²) in [6, 6.07) is 3.31. The number of hydrogen-bond acceptors (Lipinski definition) is 3. The van der Waals surface area contributed by atoms with Crippen molar-refractivity contribution in [3.8, 4) is 0 Å². The van der Waals surface area contributed by atoms with Crippen LogP contribution in [0.15, 0.2) is 12.1 Å². The molecule has 1 amide bonds. The van der Waals surface area contributed by atoms with Gasteiger partial charge < -0.3 is 15.5 Å². The van der Waals surface area contributed by atoms with Crippen molar-refractivity contribution in [3.05, 3.63) is 29.1 Å². The van der Waals surface area contributed by atoms with E-state index < -0.39 is 5.82 Å². The second-order valence-corrected chi connectivity index (χ2v) is 4.86. The third kappa shape index (κ3) is 1.75. The zero-order valence-corrected chi connectivity index (χ0v) is 10.3. The normalized spacial score (nSPS) is 22.9. The van der Waals surface area contributed by atoms with Gasteiger partial charge in [0, 0.05) is 13.1 Å². The molecular weight excluding hydrogens is 233 g/mol. The third-order valence-electron chi connectivity index (χ3n) is 3.55. The molecule has 2 aliphatic heterocycles. The molecule has 1 aromatic carbocycles. The van der Waals surface area contributed by atoms with Crippen molar-refractivity contribution in [1.29, 1.82) is 0 Å². The molecule has 0 spiro atoms. The van der Waals surface area contributed by atoms with Gasteiger partial charge in [-0.05, 0) is 37.6 Å². The van der Waals surface area contributed by atoms with Gasteiger partial charge in [-0.2, -0.15) is 0 Å². The molecule has 1 unspecified atom stereocenters. The van der Waals surface area contributed by atoms with E-state index in [-0.39, 0.29) is 17.6 Å². The number of rotatable bonds is 0. The Balaban J connectivity index is 2.12. The van der Waals surface area contributed by atoms with Crippen molar-refractivity contribution >= 4 is 11.6 Å². The zero-order valence-electron chi connectivity index (χ0n) is 10.3. The van der Waals surface area contributed by atoms with Crippen LogP contribution >= 0.6 is 0 Å². The average Bonchev–Trinajstić information content (AvgIpc) is 2.53. The summed E-state index contributed by atoms with van der Waals surface area (Å²) in [5, 5.41) is 6.17. The van der Waals surface area contributed by atoms with Crippen LogP contribution < -0.4 is 15.5 Å². The molecule has 5 heteroatoms. The van der Waals surface area contributed by atoms with E-state index in [4.69, 9.17) is 0 Å². The van der Waals surface area contributed by atoms with E-state index >= 15 is 0 Å². The molecule has 0 aromatic heterocycles. The first kappa shape index (κ1) is 11.5. The summed E-state index contributed by atoms with van der Waals surface area (Å²) in [5.41, 5.74) is 1.75. The molecule has 1 atom stereocenters. The van der Waals surface area contributed by atoms with Crippen LogP contribution in [-0.4, -0.2) is 31.7 Å². The fourth-order valence-corrected chi connectivity index (χ4v) is 2.71. The minimum absolute atomic E-state index is 0.0267. The molecule has 0 aliphatic carbocycles. The summed E-state index contributed by atoms with van der Waals surface area (Å²) < 4.78 is 13.9. The van der Waals surface area contributed by atoms with Crippen LogP contribution in [0.2, 0.25) is 0 Å². The standard InChI is InChI=1S/C13H16FN3O/c1-8-6-9(14)12-10(7-8)17-5-4-15-3-2-11(17)16-13(12)18/h6-7,11,15H,2-5H2,1H3,(H,16,18). The smallest absolute Gasteiger partial charge is 0.257 e. The van der Waals surface area contributed by atoms with Crippen molar-refractivity contribution in [1.82, 2.24) is 10.6 Å². The monoisotopic (exact) mass is 249 g/mol. The van der Waals surface area contributed by atoms with Crippen LogP contribution in [0.3, 0.4) is 0 Å². The fraction of sp³-hybridized carbons (Fsp3) is 0.462. The van der Waals surface area contributed by atoms with Crippen LogP contribution in [0.4, 0.5) is 10.1 Å². The van der Waals surface area contributed by atoms with Gasteiger partial charge in [0.25, 0.3) is 5.91 Å². The quantitative estimate of drug-likeness (QED) is 0.721. The molecule has 1 fully saturated rings. The molecule has 2 N–H and O–H groups in total. The van der Waals surface area contributed by atoms with E-state index in [1.807, 2.05) is 13.0 Å². The number of carbonyl (C=O) groups is 1. The number of anilines is 1. The number of amides is 1. The molecule has 2 aliphatic rings. The second-order valence-electron chi connectivity index (χ2n) is 4.86. The first-order valence-electron chi connectivity index (χ1n) is 6.25. The Morgan fingerprint density at radius 3 is 3.06 bits per heavy atom. The minimum Gasteiger partial charge on any atom is -0.349 e. The van der Waals surface area contributed by atoms with Crippen molar-refractivity contribution in [2.24, 2.45) is 0 Å². The minimum atomic E-state index is -0.432. The van der Waals surface area contributed by atoms with Gasteiger partial charge in [-0.1, -0.05) is 0 Å². The van der Waals surface area contributed by atoms with E-state index in [9.17, 15) is 9.18 Å². The molecule has 4 nitrogen and oxygen atoms in total. The number of nitrogens with one attached hydrogen (secondary N) is 2. The fourth-order valence-electron chi connectivity index (χ4n) is 2.71. The van der Waals surface area contributed by atoms with Crippen molar-refractivity contribution < 1.29 is 9.18 Å². The van der Waals surface area contributed by atoms with E-state index in [1.54, 1.807) is 0 Å². The number of aryl methyl sites for hydroxylation is 1. The molecule has 2 heterocycles. The van der Waals surface area contributed by atoms with E-state index in [2.05, 4.69) is 15.5 Å². The second kappa shape index (κ2) is 4.24. The van der Waals surface area contributed by atoms with Crippen LogP contribution in [-0.2, 0) is 0 Å². The lowest BCUT2D eigenvalue weighted by atomic mass is 10.0. The zero-order chi connectivity index (χ0) is 12.7. The first-order valence-corrected chi connectivity index (χ1v) is 6.25. The lowest BCUT2D eigenvalue weighted by molar-refractivity contribution is 0.0922. The van der Waals surface area contributed by atoms with Gasteiger partial charge in [-0.25, -0.2) is 4.39 Å². The Bertz CT molecular complexity index is 503. The molecule has 18 heavy (non-hydrogen) atoms. The van der Waals surface area contributed by atoms with Crippen LogP contribution in [0, 0.1) is 12.7 Å². The number of benzene rings is 1. The van der Waals surface area contributed by atoms with Gasteiger partial charge in [0.1, 0.15) is 12.0 Å². The highest BCUT2D eigenvalue weighted by molar-refractivity contribution is 6.02. The Hall–Kier alpha value is -1.62. The van der Waals surface area contributed by atoms with E-state index in [0.717, 1.165) is 37.3 Å². The molecule has 0 bridgehead atoms. The SMILES string of the molecule is Cc1cc(F)c2c(c1)N1CCNCCC1NC2=O. The summed E-state index contributed by atoms with van der Waals surface area (Å²) in [6.45, 7) is 4.34. The highest BCUT2D eigenvalue weighted by atomic mass is 19.1. The summed E-state index contributed by atoms with van der Waals surface area (Å²) in [7, 11) is 0. The van der Waals surface area contributed by atoms with Crippen molar-refractivity contribution in [2.75, 3.05) is 24.5 Å². The molecule has 1 aromatic rings. The highest BCUT2D eigenvalue weighted by Gasteiger charge is 2.33. The Morgan fingerprint density at radius 2 is 2.22 bits per heavy atom. The number of hydrogen-bond donors (Lipinski definition) is 2. The number of nitrogens with zero attached hydrogens (tertiary/aromatic N) is 1. The highest BCUT2D eigenvalue weighted by Crippen LogP contribution is 2.30. The molecule has 0 radical (unpaired) electrons. The summed E-state index contributed by atoms with van der Waals surface area (Å²) in [6.07, 6.45) is 0.807. The van der Waals surface area contributed by atoms with E-state index in [1.165, 1.54) is 6.07 Å². The summed E-state index contributed by atoms with van der Waals surface area (Å²) in [4.78, 5) is 14.1. The lowest BCUT2D eigenvalue weighted by Gasteiger charge is -2.37. The van der Waals surface area contributed by atoms with Crippen LogP contribution in [0.1, 0.15) is 22.3 Å². The number of carbonyl (C=O) groups excluding carboxylic acids is 1. The third-order valence-corrected chi connectivity index (χ3v) is 3.55. The van der Waals surface area contributed by atoms with Crippen LogP contribution in [0.25, 0.3) is 0 Å². The van der Waals surface area contributed by atoms with Crippen molar-refractivity contribution in [3.63, 3.8) is 0 Å². The summed E-state index contributed by atoms with van der Waals surface area (Å²) >= 11 is 0. The number of halogens is 1. The maximum atomic E-state index is 13.9. The van der Waals surface area contributed by atoms with Gasteiger partial charge in [0.05, 0.1) is 11.3 Å². The maximum Gasteiger partial charge on any atom is 0.257 e. The topological polar surface area (TPSA) is 44.4 Å². The Kier molecular flexibility index (Phi) is 2.70. The average molecular weight is 249 g/mol. The first-order chi connectivity index (χ1) is 8.66. The molecule has 3 rings (SSSR count). The van der Waals surface area contributed by atoms with Crippen LogP contribution in [0.5, 0.6) is 0 Å². The maximum absolute atomic E-state index is 13.9. The van der Waals surface area contributed by atoms with Gasteiger partial charge in [-0.15, -0.1) is 0 Å². The Labute approximate surface area is 105 Å². The Morgan fingerprint density at radius 1 is 1.39 bits per heavy atom. The van der Waals surface area contributed by atoms with Gasteiger partial charge >= 0.3 is 0 Å². The molecule has 1 saturated heterocycles. The largest absolute Gasteiger partial charge is 0.349 e. The number of fused-ring (bicyclic) bond motifs is 3.